The van der Waals surface area contributed by atoms with Gasteiger partial charge in [-0.15, -0.1) is 6.42 Å². The Labute approximate surface area is 190 Å². The van der Waals surface area contributed by atoms with Crippen LogP contribution in [0.4, 0.5) is 4.79 Å². The largest absolute Gasteiger partial charge is 0.444 e. The number of carbonyl (C=O) groups is 3. The molecule has 0 fully saturated rings. The van der Waals surface area contributed by atoms with Crippen molar-refractivity contribution in [3.05, 3.63) is 35.4 Å². The second-order valence-corrected chi connectivity index (χ2v) is 8.17. The predicted molar refractivity (Wildman–Crippen MR) is 121 cm³/mol. The Morgan fingerprint density at radius 2 is 1.88 bits per heavy atom. The van der Waals surface area contributed by atoms with Crippen molar-refractivity contribution in [1.29, 1.82) is 5.26 Å². The summed E-state index contributed by atoms with van der Waals surface area (Å²) in [7, 11) is 0. The van der Waals surface area contributed by atoms with E-state index >= 15 is 0 Å². The van der Waals surface area contributed by atoms with Crippen LogP contribution in [0.5, 0.6) is 0 Å². The number of alkyl carbamates (subject to hydrolysis) is 1. The molecule has 0 aromatic heterocycles. The molecule has 172 valence electrons. The van der Waals surface area contributed by atoms with Gasteiger partial charge in [0.05, 0.1) is 6.07 Å². The first-order valence-electron chi connectivity index (χ1n) is 10.6. The van der Waals surface area contributed by atoms with Crippen LogP contribution in [0.3, 0.4) is 0 Å². The Morgan fingerprint density at radius 3 is 2.47 bits per heavy atom. The van der Waals surface area contributed by atoms with Crippen LogP contribution in [0, 0.1) is 23.7 Å². The molecule has 0 bridgehead atoms. The summed E-state index contributed by atoms with van der Waals surface area (Å²) in [5.74, 6) is 1.48. The van der Waals surface area contributed by atoms with Crippen molar-refractivity contribution in [2.24, 2.45) is 0 Å². The molecule has 1 aromatic carbocycles. The highest BCUT2D eigenvalue weighted by Gasteiger charge is 2.33. The number of nitrogens with one attached hydrogen (secondary N) is 2. The second kappa shape index (κ2) is 13.0. The minimum absolute atomic E-state index is 0.360. The first-order chi connectivity index (χ1) is 15.1. The van der Waals surface area contributed by atoms with Crippen molar-refractivity contribution in [3.8, 4) is 18.4 Å². The molecule has 1 rings (SSSR count). The van der Waals surface area contributed by atoms with Gasteiger partial charge in [-0.1, -0.05) is 43.9 Å². The Balaban J connectivity index is 3.17. The van der Waals surface area contributed by atoms with Gasteiger partial charge in [-0.3, -0.25) is 9.59 Å². The van der Waals surface area contributed by atoms with Gasteiger partial charge in [0, 0.05) is 12.1 Å². The van der Waals surface area contributed by atoms with Gasteiger partial charge >= 0.3 is 6.09 Å². The highest BCUT2D eigenvalue weighted by molar-refractivity contribution is 5.91. The molecule has 8 nitrogen and oxygen atoms in total. The van der Waals surface area contributed by atoms with Gasteiger partial charge in [-0.25, -0.2) is 4.79 Å². The first kappa shape index (κ1) is 26.5. The molecular formula is C24H32N4O4. The van der Waals surface area contributed by atoms with Gasteiger partial charge in [-0.2, -0.15) is 5.26 Å². The smallest absolute Gasteiger partial charge is 0.408 e. The maximum absolute atomic E-state index is 13.1. The number of carbonyl (C=O) groups excluding carboxylic acids is 3. The van der Waals surface area contributed by atoms with Crippen molar-refractivity contribution < 1.29 is 19.1 Å². The Bertz CT molecular complexity index is 877. The molecule has 0 aliphatic heterocycles. The molecule has 0 aliphatic rings. The number of nitriles is 1. The van der Waals surface area contributed by atoms with E-state index in [1.165, 1.54) is 0 Å². The van der Waals surface area contributed by atoms with E-state index in [4.69, 9.17) is 11.2 Å². The van der Waals surface area contributed by atoms with Crippen LogP contribution in [0.15, 0.2) is 24.3 Å². The van der Waals surface area contributed by atoms with Crippen molar-refractivity contribution in [1.82, 2.24) is 15.5 Å². The fraction of sp³-hybridized carbons (Fsp3) is 0.500. The van der Waals surface area contributed by atoms with Crippen LogP contribution in [0.1, 0.15) is 64.1 Å². The Morgan fingerprint density at radius 1 is 1.19 bits per heavy atom. The van der Waals surface area contributed by atoms with Crippen molar-refractivity contribution in [2.45, 2.75) is 58.6 Å². The summed E-state index contributed by atoms with van der Waals surface area (Å²) in [6.07, 6.45) is 7.58. The fourth-order valence-electron chi connectivity index (χ4n) is 2.96. The molecule has 1 unspecified atom stereocenters. The molecule has 32 heavy (non-hydrogen) atoms. The number of terminal acetylenes is 1. The van der Waals surface area contributed by atoms with Gasteiger partial charge in [0.2, 0.25) is 11.8 Å². The van der Waals surface area contributed by atoms with E-state index in [1.807, 2.05) is 6.07 Å². The monoisotopic (exact) mass is 440 g/mol. The maximum Gasteiger partial charge on any atom is 0.408 e. The van der Waals surface area contributed by atoms with E-state index in [1.54, 1.807) is 45.0 Å². The molecule has 2 N–H and O–H groups in total. The summed E-state index contributed by atoms with van der Waals surface area (Å²) in [4.78, 5) is 39.2. The molecule has 0 saturated carbocycles. The lowest BCUT2D eigenvalue weighted by Gasteiger charge is -2.30. The summed E-state index contributed by atoms with van der Waals surface area (Å²) < 4.78 is 5.14. The maximum atomic E-state index is 13.1. The highest BCUT2D eigenvalue weighted by atomic mass is 16.6. The number of ether oxygens (including phenoxy) is 1. The lowest BCUT2D eigenvalue weighted by atomic mass is 9.98. The third-order valence-electron chi connectivity index (χ3n) is 4.39. The third kappa shape index (κ3) is 8.69. The summed E-state index contributed by atoms with van der Waals surface area (Å²) in [5.41, 5.74) is 0.146. The molecule has 0 spiro atoms. The van der Waals surface area contributed by atoms with E-state index in [0.717, 1.165) is 24.2 Å². The normalized spacial score (nSPS) is 11.4. The van der Waals surface area contributed by atoms with E-state index < -0.39 is 36.1 Å². The average Bonchev–Trinajstić information content (AvgIpc) is 2.73. The number of nitrogens with zero attached hydrogens (tertiary/aromatic N) is 2. The Kier molecular flexibility index (Phi) is 10.8. The molecular weight excluding hydrogens is 408 g/mol. The number of unbranched alkanes of at least 4 members (excludes halogenated alkanes) is 2. The average molecular weight is 441 g/mol. The zero-order valence-electron chi connectivity index (χ0n) is 19.2. The Hall–Kier alpha value is -3.52. The van der Waals surface area contributed by atoms with Crippen LogP contribution in [0.25, 0.3) is 0 Å². The van der Waals surface area contributed by atoms with Crippen LogP contribution >= 0.6 is 0 Å². The molecule has 8 heteroatoms. The van der Waals surface area contributed by atoms with Crippen molar-refractivity contribution >= 4 is 17.9 Å². The zero-order valence-corrected chi connectivity index (χ0v) is 19.2. The molecule has 1 aromatic rings. The number of amides is 3. The van der Waals surface area contributed by atoms with Crippen LogP contribution < -0.4 is 10.6 Å². The SMILES string of the molecule is C#Cc1ccccc1C(C(=O)NCCCCC)N(CC#N)C(=O)CNC(=O)OC(C)(C)C. The standard InChI is InChI=1S/C24H32N4O4/c1-6-8-11-15-26-22(30)21(19-13-10-9-12-18(19)7-2)28(16-14-25)20(29)17-27-23(31)32-24(3,4)5/h2,9-10,12-13,21H,6,8,11,15-17H2,1,3-5H3,(H,26,30)(H,27,31). The molecule has 0 radical (unpaired) electrons. The summed E-state index contributed by atoms with van der Waals surface area (Å²) >= 11 is 0. The summed E-state index contributed by atoms with van der Waals surface area (Å²) in [6, 6.07) is 7.57. The van der Waals surface area contributed by atoms with Crippen LogP contribution in [0.2, 0.25) is 0 Å². The topological polar surface area (TPSA) is 112 Å². The second-order valence-electron chi connectivity index (χ2n) is 8.17. The van der Waals surface area contributed by atoms with Gasteiger partial charge < -0.3 is 20.3 Å². The van der Waals surface area contributed by atoms with Crippen molar-refractivity contribution in [3.63, 3.8) is 0 Å². The number of benzene rings is 1. The predicted octanol–water partition coefficient (Wildman–Crippen LogP) is 2.89. The highest BCUT2D eigenvalue weighted by Crippen LogP contribution is 2.24. The molecule has 0 aliphatic carbocycles. The summed E-state index contributed by atoms with van der Waals surface area (Å²) in [5, 5.41) is 14.6. The quantitative estimate of drug-likeness (QED) is 0.330. The third-order valence-corrected chi connectivity index (χ3v) is 4.39. The van der Waals surface area contributed by atoms with Crippen molar-refractivity contribution in [2.75, 3.05) is 19.6 Å². The lowest BCUT2D eigenvalue weighted by Crippen LogP contribution is -2.48. The van der Waals surface area contributed by atoms with Gasteiger partial charge in [0.25, 0.3) is 0 Å². The van der Waals surface area contributed by atoms with Gasteiger partial charge in [0.15, 0.2) is 0 Å². The lowest BCUT2D eigenvalue weighted by molar-refractivity contribution is -0.139. The van der Waals surface area contributed by atoms with Crippen LogP contribution in [-0.4, -0.2) is 48.0 Å². The minimum atomic E-state index is -1.11. The minimum Gasteiger partial charge on any atom is -0.444 e. The number of hydrogen-bond acceptors (Lipinski definition) is 5. The first-order valence-corrected chi connectivity index (χ1v) is 10.6. The van der Waals surface area contributed by atoms with Gasteiger partial charge in [0.1, 0.15) is 24.7 Å². The van der Waals surface area contributed by atoms with E-state index in [9.17, 15) is 19.6 Å². The van der Waals surface area contributed by atoms with E-state index in [-0.39, 0.29) is 6.54 Å². The van der Waals surface area contributed by atoms with E-state index in [0.29, 0.717) is 17.7 Å². The molecule has 1 atom stereocenters. The van der Waals surface area contributed by atoms with Crippen LogP contribution in [-0.2, 0) is 14.3 Å². The molecule has 0 heterocycles. The molecule has 0 saturated heterocycles. The van der Waals surface area contributed by atoms with Gasteiger partial charge in [-0.05, 0) is 38.8 Å². The van der Waals surface area contributed by atoms with E-state index in [2.05, 4.69) is 23.5 Å². The zero-order chi connectivity index (χ0) is 24.1. The number of rotatable bonds is 10. The molecule has 3 amide bonds. The fourth-order valence-corrected chi connectivity index (χ4v) is 2.96. The number of hydrogen-bond donors (Lipinski definition) is 2. The summed E-state index contributed by atoms with van der Waals surface area (Å²) in [6.45, 7) is 6.80.